The van der Waals surface area contributed by atoms with E-state index in [0.717, 1.165) is 36.2 Å². The maximum Gasteiger partial charge on any atom is 0.408 e. The molecule has 1 saturated heterocycles. The molecule has 0 radical (unpaired) electrons. The molecular formula is C36H49F3N6O6. The summed E-state index contributed by atoms with van der Waals surface area (Å²) in [5, 5.41) is 10.9. The highest BCUT2D eigenvalue weighted by molar-refractivity contribution is 5.94. The number of halogens is 3. The number of hydrogen-bond donors (Lipinski definition) is 2. The molecule has 1 aliphatic heterocycles. The molecule has 3 heterocycles. The van der Waals surface area contributed by atoms with Gasteiger partial charge in [-0.3, -0.25) is 4.68 Å². The van der Waals surface area contributed by atoms with Crippen molar-refractivity contribution in [3.63, 3.8) is 0 Å². The van der Waals surface area contributed by atoms with Crippen molar-refractivity contribution in [2.24, 2.45) is 5.92 Å². The van der Waals surface area contributed by atoms with Crippen molar-refractivity contribution in [3.05, 3.63) is 47.9 Å². The first kappa shape index (κ1) is 39.5. The molecule has 1 aromatic carbocycles. The van der Waals surface area contributed by atoms with Crippen LogP contribution < -0.4 is 10.6 Å². The Labute approximate surface area is 296 Å². The molecule has 0 spiro atoms. The lowest BCUT2D eigenvalue weighted by atomic mass is 9.89. The van der Waals surface area contributed by atoms with E-state index in [4.69, 9.17) is 18.9 Å². The Balaban J connectivity index is 1.34. The van der Waals surface area contributed by atoms with Gasteiger partial charge in [-0.25, -0.2) is 9.59 Å². The Hall–Kier alpha value is -4.26. The largest absolute Gasteiger partial charge is 0.461 e. The molecule has 2 aromatic heterocycles. The number of alkyl halides is 3. The first-order chi connectivity index (χ1) is 24.2. The van der Waals surface area contributed by atoms with Gasteiger partial charge in [0, 0.05) is 36.5 Å². The molecule has 1 fully saturated rings. The number of nitrogens with one attached hydrogen (secondary N) is 2. The lowest BCUT2D eigenvalue weighted by molar-refractivity contribution is -0.140. The van der Waals surface area contributed by atoms with E-state index in [1.54, 1.807) is 62.8 Å². The first-order valence-electron chi connectivity index (χ1n) is 17.2. The molecule has 2 unspecified atom stereocenters. The number of aromatic nitrogens is 3. The number of anilines is 1. The van der Waals surface area contributed by atoms with Crippen LogP contribution in [0.4, 0.5) is 23.7 Å². The van der Waals surface area contributed by atoms with Gasteiger partial charge >= 0.3 is 18.2 Å². The molecular weight excluding hydrogens is 669 g/mol. The normalized spacial score (nSPS) is 16.8. The van der Waals surface area contributed by atoms with Gasteiger partial charge in [-0.15, -0.1) is 0 Å². The van der Waals surface area contributed by atoms with Gasteiger partial charge in [0.05, 0.1) is 50.7 Å². The summed E-state index contributed by atoms with van der Waals surface area (Å²) < 4.78 is 65.6. The third-order valence-electron chi connectivity index (χ3n) is 8.15. The number of piperidine rings is 1. The van der Waals surface area contributed by atoms with Crippen molar-refractivity contribution in [1.82, 2.24) is 24.6 Å². The number of carbonyl (C=O) groups is 2. The average Bonchev–Trinajstić information content (AvgIpc) is 3.65. The first-order valence-corrected chi connectivity index (χ1v) is 17.2. The van der Waals surface area contributed by atoms with Crippen LogP contribution in [-0.4, -0.2) is 109 Å². The Morgan fingerprint density at radius 1 is 1.08 bits per heavy atom. The van der Waals surface area contributed by atoms with E-state index in [0.29, 0.717) is 49.6 Å². The Kier molecular flexibility index (Phi) is 14.2. The number of carbonyl (C=O) groups excluding carboxylic acids is 2. The minimum Gasteiger partial charge on any atom is -0.461 e. The van der Waals surface area contributed by atoms with Crippen molar-refractivity contribution in [3.8, 4) is 11.8 Å². The van der Waals surface area contributed by atoms with E-state index < -0.39 is 30.4 Å². The number of rotatable bonds is 15. The number of alkyl carbamates (subject to hydrolysis) is 1. The smallest absolute Gasteiger partial charge is 0.408 e. The highest BCUT2D eigenvalue weighted by Crippen LogP contribution is 2.32. The zero-order valence-corrected chi connectivity index (χ0v) is 30.0. The number of fused-ring (bicyclic) bond motifs is 1. The minimum absolute atomic E-state index is 0.0767. The van der Waals surface area contributed by atoms with Crippen LogP contribution >= 0.6 is 0 Å². The second kappa shape index (κ2) is 18.3. The molecule has 15 heteroatoms. The van der Waals surface area contributed by atoms with E-state index >= 15 is 0 Å². The third-order valence-corrected chi connectivity index (χ3v) is 8.15. The van der Waals surface area contributed by atoms with Gasteiger partial charge in [0.2, 0.25) is 0 Å². The van der Waals surface area contributed by atoms with Crippen molar-refractivity contribution < 1.29 is 41.7 Å². The highest BCUT2D eigenvalue weighted by Gasteiger charge is 2.31. The van der Waals surface area contributed by atoms with Gasteiger partial charge in [0.15, 0.2) is 0 Å². The van der Waals surface area contributed by atoms with Crippen LogP contribution in [-0.2, 0) is 32.0 Å². The number of ether oxygens (including phenoxy) is 4. The SMILES string of the molecule is CCOC(=O)c1ccnn1CCOCCOCCC1CN(C)CCC1Nc1cccc2c1cc(C#CCNC(=O)OC(C)(C)C)n2CC(F)(F)F. The summed E-state index contributed by atoms with van der Waals surface area (Å²) in [5.41, 5.74) is 1.05. The average molecular weight is 719 g/mol. The summed E-state index contributed by atoms with van der Waals surface area (Å²) in [7, 11) is 2.07. The van der Waals surface area contributed by atoms with Gasteiger partial charge < -0.3 is 39.0 Å². The molecule has 2 atom stereocenters. The van der Waals surface area contributed by atoms with Crippen LogP contribution in [0.15, 0.2) is 36.5 Å². The molecule has 1 amide bonds. The van der Waals surface area contributed by atoms with Crippen molar-refractivity contribution in [2.45, 2.75) is 71.4 Å². The van der Waals surface area contributed by atoms with Crippen molar-refractivity contribution in [2.75, 3.05) is 65.0 Å². The lowest BCUT2D eigenvalue weighted by Gasteiger charge is -2.38. The summed E-state index contributed by atoms with van der Waals surface area (Å²) in [4.78, 5) is 26.2. The molecule has 1 aliphatic rings. The lowest BCUT2D eigenvalue weighted by Crippen LogP contribution is -2.45. The standard InChI is InChI=1S/C36H49F3N6O6/c1-6-50-33(46)32-12-16-41-45(32)18-20-49-22-21-48-19-14-26-24-43(5)17-13-29(26)42-30-10-7-11-31-28(30)23-27(44(31)25-36(37,38)39)9-8-15-40-34(47)51-35(2,3)4/h7,10-12,16,23,26,29,42H,6,13-15,17-22,24-25H2,1-5H3,(H,40,47). The van der Waals surface area contributed by atoms with E-state index in [-0.39, 0.29) is 30.8 Å². The molecule has 2 N–H and O–H groups in total. The van der Waals surface area contributed by atoms with Crippen LogP contribution in [0, 0.1) is 17.8 Å². The maximum atomic E-state index is 13.7. The summed E-state index contributed by atoms with van der Waals surface area (Å²) in [6, 6.07) is 8.64. The second-order valence-corrected chi connectivity index (χ2v) is 13.4. The predicted octanol–water partition coefficient (Wildman–Crippen LogP) is 5.31. The predicted molar refractivity (Wildman–Crippen MR) is 187 cm³/mol. The molecule has 3 aromatic rings. The molecule has 4 rings (SSSR count). The number of hydrogen-bond acceptors (Lipinski definition) is 9. The summed E-state index contributed by atoms with van der Waals surface area (Å²) in [5.74, 6) is 5.39. The molecule has 0 aliphatic carbocycles. The monoisotopic (exact) mass is 718 g/mol. The van der Waals surface area contributed by atoms with Gasteiger partial charge in [-0.05, 0) is 90.2 Å². The van der Waals surface area contributed by atoms with Crippen LogP contribution in [0.1, 0.15) is 56.7 Å². The fraction of sp³-hybridized carbons (Fsp3) is 0.583. The Morgan fingerprint density at radius 3 is 2.57 bits per heavy atom. The third kappa shape index (κ3) is 12.5. The number of nitrogens with zero attached hydrogens (tertiary/aromatic N) is 4. The zero-order valence-electron chi connectivity index (χ0n) is 30.0. The minimum atomic E-state index is -4.46. The van der Waals surface area contributed by atoms with E-state index in [1.165, 1.54) is 0 Å². The van der Waals surface area contributed by atoms with E-state index in [2.05, 4.69) is 39.5 Å². The number of likely N-dealkylation sites (tertiary alicyclic amines) is 1. The summed E-state index contributed by atoms with van der Waals surface area (Å²) in [6.45, 7) is 9.78. The molecule has 280 valence electrons. The van der Waals surface area contributed by atoms with Gasteiger partial charge in [0.25, 0.3) is 0 Å². The molecule has 12 nitrogen and oxygen atoms in total. The van der Waals surface area contributed by atoms with Gasteiger partial charge in [0.1, 0.15) is 17.8 Å². The van der Waals surface area contributed by atoms with Gasteiger partial charge in [-0.2, -0.15) is 18.3 Å². The number of benzene rings is 1. The fourth-order valence-electron chi connectivity index (χ4n) is 5.92. The maximum absolute atomic E-state index is 13.7. The topological polar surface area (TPSA) is 121 Å². The summed E-state index contributed by atoms with van der Waals surface area (Å²) >= 11 is 0. The van der Waals surface area contributed by atoms with Gasteiger partial charge in [-0.1, -0.05) is 12.0 Å². The van der Waals surface area contributed by atoms with Crippen LogP contribution in [0.2, 0.25) is 0 Å². The van der Waals surface area contributed by atoms with Crippen molar-refractivity contribution in [1.29, 1.82) is 0 Å². The van der Waals surface area contributed by atoms with Crippen molar-refractivity contribution >= 4 is 28.7 Å². The Bertz CT molecular complexity index is 1650. The fourth-order valence-corrected chi connectivity index (χ4v) is 5.92. The van der Waals surface area contributed by atoms with Crippen LogP contribution in [0.25, 0.3) is 10.9 Å². The molecule has 0 saturated carbocycles. The number of amides is 1. The zero-order chi connectivity index (χ0) is 37.0. The quantitative estimate of drug-likeness (QED) is 0.122. The number of esters is 1. The van der Waals surface area contributed by atoms with Crippen LogP contribution in [0.3, 0.4) is 0 Å². The molecule has 0 bridgehead atoms. The Morgan fingerprint density at radius 2 is 1.84 bits per heavy atom. The molecule has 51 heavy (non-hydrogen) atoms. The van der Waals surface area contributed by atoms with Crippen LogP contribution in [0.5, 0.6) is 0 Å². The summed E-state index contributed by atoms with van der Waals surface area (Å²) in [6.07, 6.45) is -1.93. The second-order valence-electron chi connectivity index (χ2n) is 13.4. The van der Waals surface area contributed by atoms with E-state index in [9.17, 15) is 22.8 Å². The highest BCUT2D eigenvalue weighted by atomic mass is 19.4. The van der Waals surface area contributed by atoms with E-state index in [1.807, 2.05) is 6.07 Å².